The number of hydrogen-bond donors (Lipinski definition) is 0. The average molecular weight is 397 g/mol. The first kappa shape index (κ1) is 18.9. The molecule has 0 radical (unpaired) electrons. The van der Waals surface area contributed by atoms with E-state index in [4.69, 9.17) is 0 Å². The van der Waals surface area contributed by atoms with Crippen molar-refractivity contribution in [1.82, 2.24) is 4.90 Å². The summed E-state index contributed by atoms with van der Waals surface area (Å²) in [7, 11) is -1.47. The van der Waals surface area contributed by atoms with Gasteiger partial charge in [-0.3, -0.25) is 9.59 Å². The molecular weight excluding hydrogens is 372 g/mol. The van der Waals surface area contributed by atoms with Gasteiger partial charge in [-0.15, -0.1) is 0 Å². The lowest BCUT2D eigenvalue weighted by Crippen LogP contribution is -2.38. The molecule has 2 aromatic rings. The molecule has 2 heterocycles. The highest BCUT2D eigenvalue weighted by molar-refractivity contribution is 7.85. The molecule has 2 amide bonds. The molecule has 2 aliphatic rings. The van der Waals surface area contributed by atoms with E-state index in [9.17, 15) is 13.8 Å². The van der Waals surface area contributed by atoms with E-state index < -0.39 is 10.8 Å². The number of amides is 2. The Balaban J connectivity index is 1.76. The van der Waals surface area contributed by atoms with Crippen molar-refractivity contribution in [3.8, 4) is 0 Å². The Morgan fingerprint density at radius 3 is 2.54 bits per heavy atom. The van der Waals surface area contributed by atoms with E-state index >= 15 is 0 Å². The van der Waals surface area contributed by atoms with Crippen LogP contribution in [0.25, 0.3) is 0 Å². The van der Waals surface area contributed by atoms with Crippen molar-refractivity contribution in [3.05, 3.63) is 53.6 Å². The minimum absolute atomic E-state index is 0.0225. The number of carbonyl (C=O) groups excluding carboxylic acids is 2. The third kappa shape index (κ3) is 3.15. The summed E-state index contributed by atoms with van der Waals surface area (Å²) < 4.78 is 13.2. The van der Waals surface area contributed by atoms with Crippen LogP contribution in [0.2, 0.25) is 0 Å². The number of hydrogen-bond acceptors (Lipinski definition) is 3. The number of fused-ring (bicyclic) bond motifs is 2. The number of anilines is 1. The van der Waals surface area contributed by atoms with Gasteiger partial charge in [-0.05, 0) is 56.0 Å². The van der Waals surface area contributed by atoms with Gasteiger partial charge in [0.1, 0.15) is 0 Å². The van der Waals surface area contributed by atoms with Crippen molar-refractivity contribution in [1.29, 1.82) is 0 Å². The standard InChI is InChI=1S/C22H24N2O3S/c1-3-24-18-14-16(21(25)23-12-10-15(2)11-13-23)8-9-20(18)28(27)19-7-5-4-6-17(19)22(24)26/h4-9,14-15H,3,10-13H2,1-2H3/t28-/m1/s1. The summed E-state index contributed by atoms with van der Waals surface area (Å²) in [6, 6.07) is 12.2. The number of piperidine rings is 1. The van der Waals surface area contributed by atoms with E-state index in [0.717, 1.165) is 25.9 Å². The summed E-state index contributed by atoms with van der Waals surface area (Å²) in [6.45, 7) is 6.05. The van der Waals surface area contributed by atoms with Crippen LogP contribution in [0.4, 0.5) is 5.69 Å². The molecule has 1 atom stereocenters. The van der Waals surface area contributed by atoms with Crippen LogP contribution < -0.4 is 4.90 Å². The van der Waals surface area contributed by atoms with Gasteiger partial charge < -0.3 is 9.80 Å². The molecule has 0 N–H and O–H groups in total. The van der Waals surface area contributed by atoms with Crippen LogP contribution in [0.1, 0.15) is 47.4 Å². The maximum absolute atomic E-state index is 13.2. The molecule has 28 heavy (non-hydrogen) atoms. The largest absolute Gasteiger partial charge is 0.339 e. The molecule has 4 rings (SSSR count). The zero-order chi connectivity index (χ0) is 19.8. The Bertz CT molecular complexity index is 964. The minimum atomic E-state index is -1.47. The molecule has 0 aliphatic carbocycles. The van der Waals surface area contributed by atoms with E-state index in [-0.39, 0.29) is 11.8 Å². The monoisotopic (exact) mass is 396 g/mol. The summed E-state index contributed by atoms with van der Waals surface area (Å²) in [5.41, 5.74) is 1.57. The molecule has 0 aromatic heterocycles. The van der Waals surface area contributed by atoms with E-state index in [1.54, 1.807) is 47.4 Å². The topological polar surface area (TPSA) is 57.7 Å². The van der Waals surface area contributed by atoms with Gasteiger partial charge in [0.2, 0.25) is 0 Å². The molecule has 6 heteroatoms. The normalized spacial score (nSPS) is 19.8. The first-order chi connectivity index (χ1) is 13.5. The molecule has 2 aliphatic heterocycles. The third-order valence-electron chi connectivity index (χ3n) is 5.65. The van der Waals surface area contributed by atoms with Crippen LogP contribution in [-0.2, 0) is 10.8 Å². The van der Waals surface area contributed by atoms with Crippen LogP contribution in [0.15, 0.2) is 52.3 Å². The van der Waals surface area contributed by atoms with E-state index in [2.05, 4.69) is 6.92 Å². The molecule has 0 saturated carbocycles. The fourth-order valence-electron chi connectivity index (χ4n) is 3.90. The Labute approximate surface area is 167 Å². The van der Waals surface area contributed by atoms with Gasteiger partial charge in [-0.25, -0.2) is 4.21 Å². The zero-order valence-electron chi connectivity index (χ0n) is 16.2. The fraction of sp³-hybridized carbons (Fsp3) is 0.364. The van der Waals surface area contributed by atoms with Crippen molar-refractivity contribution in [2.24, 2.45) is 5.92 Å². The molecule has 5 nitrogen and oxygen atoms in total. The highest BCUT2D eigenvalue weighted by Crippen LogP contribution is 2.35. The van der Waals surface area contributed by atoms with Gasteiger partial charge >= 0.3 is 0 Å². The second-order valence-electron chi connectivity index (χ2n) is 7.47. The maximum Gasteiger partial charge on any atom is 0.259 e. The van der Waals surface area contributed by atoms with Crippen molar-refractivity contribution < 1.29 is 13.8 Å². The first-order valence-corrected chi connectivity index (χ1v) is 10.9. The number of nitrogens with zero attached hydrogens (tertiary/aromatic N) is 2. The molecule has 0 unspecified atom stereocenters. The van der Waals surface area contributed by atoms with Gasteiger partial charge in [0.15, 0.2) is 0 Å². The van der Waals surface area contributed by atoms with Crippen LogP contribution in [0, 0.1) is 5.92 Å². The van der Waals surface area contributed by atoms with Crippen molar-refractivity contribution in [2.45, 2.75) is 36.5 Å². The molecule has 0 bridgehead atoms. The molecular formula is C22H24N2O3S. The van der Waals surface area contributed by atoms with Gasteiger partial charge in [-0.2, -0.15) is 0 Å². The number of carbonyl (C=O) groups is 2. The summed E-state index contributed by atoms with van der Waals surface area (Å²) in [4.78, 5) is 30.7. The molecule has 146 valence electrons. The van der Waals surface area contributed by atoms with Gasteiger partial charge in [0.05, 0.1) is 31.8 Å². The fourth-order valence-corrected chi connectivity index (χ4v) is 5.25. The molecule has 0 spiro atoms. The Kier molecular flexibility index (Phi) is 5.06. The van der Waals surface area contributed by atoms with Gasteiger partial charge in [0.25, 0.3) is 11.8 Å². The van der Waals surface area contributed by atoms with Crippen LogP contribution in [-0.4, -0.2) is 40.6 Å². The summed E-state index contributed by atoms with van der Waals surface area (Å²) >= 11 is 0. The Morgan fingerprint density at radius 2 is 1.82 bits per heavy atom. The molecule has 2 aromatic carbocycles. The van der Waals surface area contributed by atoms with Crippen LogP contribution in [0.3, 0.4) is 0 Å². The predicted molar refractivity (Wildman–Crippen MR) is 109 cm³/mol. The maximum atomic E-state index is 13.2. The average Bonchev–Trinajstić information content (AvgIpc) is 2.81. The first-order valence-electron chi connectivity index (χ1n) is 9.77. The zero-order valence-corrected chi connectivity index (χ0v) is 17.0. The van der Waals surface area contributed by atoms with Crippen LogP contribution in [0.5, 0.6) is 0 Å². The van der Waals surface area contributed by atoms with Crippen LogP contribution >= 0.6 is 0 Å². The minimum Gasteiger partial charge on any atom is -0.339 e. The highest BCUT2D eigenvalue weighted by Gasteiger charge is 2.31. The Morgan fingerprint density at radius 1 is 1.11 bits per heavy atom. The van der Waals surface area contributed by atoms with Gasteiger partial charge in [0, 0.05) is 25.2 Å². The second-order valence-corrected chi connectivity index (χ2v) is 8.89. The lowest BCUT2D eigenvalue weighted by atomic mass is 9.98. The van der Waals surface area contributed by atoms with Crippen molar-refractivity contribution in [3.63, 3.8) is 0 Å². The lowest BCUT2D eigenvalue weighted by molar-refractivity contribution is 0.0697. The van der Waals surface area contributed by atoms with E-state index in [1.165, 1.54) is 0 Å². The number of likely N-dealkylation sites (tertiary alicyclic amines) is 1. The van der Waals surface area contributed by atoms with E-state index in [0.29, 0.717) is 39.1 Å². The second kappa shape index (κ2) is 7.51. The quantitative estimate of drug-likeness (QED) is 0.778. The van der Waals surface area contributed by atoms with Crippen molar-refractivity contribution in [2.75, 3.05) is 24.5 Å². The summed E-state index contributed by atoms with van der Waals surface area (Å²) in [5, 5.41) is 0. The third-order valence-corrected chi connectivity index (χ3v) is 7.15. The smallest absolute Gasteiger partial charge is 0.259 e. The summed E-state index contributed by atoms with van der Waals surface area (Å²) in [5.74, 6) is 0.442. The van der Waals surface area contributed by atoms with Gasteiger partial charge in [-0.1, -0.05) is 19.1 Å². The highest BCUT2D eigenvalue weighted by atomic mass is 32.2. The number of benzene rings is 2. The predicted octanol–water partition coefficient (Wildman–Crippen LogP) is 3.71. The Hall–Kier alpha value is -2.47. The van der Waals surface area contributed by atoms with Crippen molar-refractivity contribution >= 4 is 28.3 Å². The molecule has 1 saturated heterocycles. The van der Waals surface area contributed by atoms with E-state index in [1.807, 2.05) is 11.8 Å². The SMILES string of the molecule is CCN1C(=O)c2ccccc2[S@@](=O)c2ccc(C(=O)N3CCC(C)CC3)cc21. The number of rotatable bonds is 2. The molecule has 1 fully saturated rings. The summed E-state index contributed by atoms with van der Waals surface area (Å²) in [6.07, 6.45) is 2.02. The lowest BCUT2D eigenvalue weighted by Gasteiger charge is -2.30.